The molecule has 4 heteroatoms. The second-order valence-electron chi connectivity index (χ2n) is 6.71. The molecule has 0 amide bonds. The maximum atomic E-state index is 11.4. The number of carbonyl (C=O) groups is 1. The molecule has 0 bridgehead atoms. The van der Waals surface area contributed by atoms with Gasteiger partial charge in [0.25, 0.3) is 0 Å². The van der Waals surface area contributed by atoms with Crippen LogP contribution in [0.4, 0.5) is 0 Å². The van der Waals surface area contributed by atoms with Crippen LogP contribution in [0.1, 0.15) is 53.9 Å². The molecule has 0 unspecified atom stereocenters. The van der Waals surface area contributed by atoms with Gasteiger partial charge in [-0.2, -0.15) is 0 Å². The van der Waals surface area contributed by atoms with Gasteiger partial charge in [0.15, 0.2) is 8.32 Å². The molecule has 0 atom stereocenters. The number of hydrogen-bond acceptors (Lipinski definition) is 3. The molecule has 0 aromatic heterocycles. The third-order valence-electron chi connectivity index (χ3n) is 3.92. The van der Waals surface area contributed by atoms with Crippen molar-refractivity contribution in [2.45, 2.75) is 72.0 Å². The van der Waals surface area contributed by atoms with Crippen LogP contribution in [0.25, 0.3) is 0 Å². The summed E-state index contributed by atoms with van der Waals surface area (Å²) in [6, 6.07) is 0. The molecule has 0 radical (unpaired) electrons. The standard InChI is InChI=1S/C16H32O3Si/c1-8-18-15(17)14(2)12-10-9-11-13-19-20(6,7)16(3,4)5/h12H,8-11,13H2,1-7H3/b14-12-. The van der Waals surface area contributed by atoms with E-state index in [-0.39, 0.29) is 11.0 Å². The van der Waals surface area contributed by atoms with Crippen molar-refractivity contribution in [3.05, 3.63) is 11.6 Å². The molecule has 0 aliphatic rings. The molecule has 0 aromatic rings. The number of esters is 1. The minimum atomic E-state index is -1.61. The molecular formula is C16H32O3Si. The van der Waals surface area contributed by atoms with Crippen LogP contribution in [-0.4, -0.2) is 27.5 Å². The fourth-order valence-corrected chi connectivity index (χ4v) is 2.52. The molecule has 0 heterocycles. The fourth-order valence-electron chi connectivity index (χ4n) is 1.44. The Morgan fingerprint density at radius 1 is 1.20 bits per heavy atom. The van der Waals surface area contributed by atoms with E-state index in [0.29, 0.717) is 12.2 Å². The Kier molecular flexibility index (Phi) is 8.36. The number of carbonyl (C=O) groups excluding carboxylic acids is 1. The molecule has 0 aliphatic carbocycles. The monoisotopic (exact) mass is 300 g/mol. The summed E-state index contributed by atoms with van der Waals surface area (Å²) in [5.74, 6) is -0.204. The van der Waals surface area contributed by atoms with E-state index in [1.807, 2.05) is 19.9 Å². The first kappa shape index (κ1) is 19.4. The summed E-state index contributed by atoms with van der Waals surface area (Å²) in [6.45, 7) is 16.2. The van der Waals surface area contributed by atoms with Gasteiger partial charge in [0.2, 0.25) is 0 Å². The molecule has 0 saturated heterocycles. The van der Waals surface area contributed by atoms with E-state index in [1.165, 1.54) is 0 Å². The third-order valence-corrected chi connectivity index (χ3v) is 8.45. The minimum Gasteiger partial charge on any atom is -0.463 e. The molecule has 0 rings (SSSR count). The van der Waals surface area contributed by atoms with E-state index in [0.717, 1.165) is 25.9 Å². The van der Waals surface area contributed by atoms with Crippen LogP contribution >= 0.6 is 0 Å². The predicted molar refractivity (Wildman–Crippen MR) is 87.4 cm³/mol. The fraction of sp³-hybridized carbons (Fsp3) is 0.812. The average Bonchev–Trinajstić information content (AvgIpc) is 2.32. The second-order valence-corrected chi connectivity index (χ2v) is 11.5. The van der Waals surface area contributed by atoms with E-state index in [2.05, 4.69) is 33.9 Å². The topological polar surface area (TPSA) is 35.5 Å². The highest BCUT2D eigenvalue weighted by Gasteiger charge is 2.36. The van der Waals surface area contributed by atoms with E-state index >= 15 is 0 Å². The number of ether oxygens (including phenoxy) is 1. The van der Waals surface area contributed by atoms with Crippen LogP contribution in [-0.2, 0) is 14.0 Å². The van der Waals surface area contributed by atoms with Gasteiger partial charge in [0.05, 0.1) is 6.61 Å². The molecule has 118 valence electrons. The molecule has 0 aromatic carbocycles. The van der Waals surface area contributed by atoms with Crippen LogP contribution < -0.4 is 0 Å². The summed E-state index contributed by atoms with van der Waals surface area (Å²) in [5.41, 5.74) is 0.706. The lowest BCUT2D eigenvalue weighted by Crippen LogP contribution is -2.40. The van der Waals surface area contributed by atoms with Crippen molar-refractivity contribution in [2.75, 3.05) is 13.2 Å². The van der Waals surface area contributed by atoms with E-state index in [1.54, 1.807) is 0 Å². The lowest BCUT2D eigenvalue weighted by molar-refractivity contribution is -0.138. The molecule has 0 fully saturated rings. The number of hydrogen-bond donors (Lipinski definition) is 0. The van der Waals surface area contributed by atoms with Crippen LogP contribution in [0.3, 0.4) is 0 Å². The Balaban J connectivity index is 3.89. The van der Waals surface area contributed by atoms with Crippen LogP contribution in [0, 0.1) is 0 Å². The Bertz CT molecular complexity index is 327. The molecule has 20 heavy (non-hydrogen) atoms. The van der Waals surface area contributed by atoms with Crippen molar-refractivity contribution in [2.24, 2.45) is 0 Å². The van der Waals surface area contributed by atoms with Gasteiger partial charge >= 0.3 is 5.97 Å². The van der Waals surface area contributed by atoms with Crippen LogP contribution in [0.5, 0.6) is 0 Å². The zero-order valence-electron chi connectivity index (χ0n) is 14.3. The number of unbranched alkanes of at least 4 members (excludes halogenated alkanes) is 2. The highest BCUT2D eigenvalue weighted by atomic mass is 28.4. The van der Waals surface area contributed by atoms with Gasteiger partial charge in [-0.1, -0.05) is 26.8 Å². The quantitative estimate of drug-likeness (QED) is 0.282. The van der Waals surface area contributed by atoms with Crippen molar-refractivity contribution < 1.29 is 14.0 Å². The Hall–Kier alpha value is -0.613. The lowest BCUT2D eigenvalue weighted by Gasteiger charge is -2.36. The maximum absolute atomic E-state index is 11.4. The lowest BCUT2D eigenvalue weighted by atomic mass is 10.2. The summed E-state index contributed by atoms with van der Waals surface area (Å²) in [4.78, 5) is 11.4. The Morgan fingerprint density at radius 2 is 1.80 bits per heavy atom. The van der Waals surface area contributed by atoms with Gasteiger partial charge in [-0.3, -0.25) is 0 Å². The second kappa shape index (κ2) is 8.62. The third kappa shape index (κ3) is 7.24. The van der Waals surface area contributed by atoms with Gasteiger partial charge in [-0.15, -0.1) is 0 Å². The SMILES string of the molecule is CCOC(=O)/C(C)=C\CCCCO[Si](C)(C)C(C)(C)C. The highest BCUT2D eigenvalue weighted by Crippen LogP contribution is 2.36. The average molecular weight is 301 g/mol. The van der Waals surface area contributed by atoms with Gasteiger partial charge in [0, 0.05) is 12.2 Å². The van der Waals surface area contributed by atoms with Gasteiger partial charge in [0.1, 0.15) is 0 Å². The summed E-state index contributed by atoms with van der Waals surface area (Å²) in [5, 5.41) is 0.271. The number of rotatable bonds is 8. The first-order valence-electron chi connectivity index (χ1n) is 7.59. The largest absolute Gasteiger partial charge is 0.463 e. The van der Waals surface area contributed by atoms with Crippen molar-refractivity contribution in [1.29, 1.82) is 0 Å². The van der Waals surface area contributed by atoms with Crippen molar-refractivity contribution >= 4 is 14.3 Å². The highest BCUT2D eigenvalue weighted by molar-refractivity contribution is 6.74. The first-order chi connectivity index (χ1) is 9.12. The van der Waals surface area contributed by atoms with Crippen LogP contribution in [0.15, 0.2) is 11.6 Å². The Labute approximate surface area is 125 Å². The van der Waals surface area contributed by atoms with E-state index < -0.39 is 8.32 Å². The van der Waals surface area contributed by atoms with Crippen molar-refractivity contribution in [3.63, 3.8) is 0 Å². The smallest absolute Gasteiger partial charge is 0.333 e. The molecule has 0 saturated carbocycles. The van der Waals surface area contributed by atoms with Crippen LogP contribution in [0.2, 0.25) is 18.1 Å². The molecule has 0 aliphatic heterocycles. The van der Waals surface area contributed by atoms with E-state index in [9.17, 15) is 4.79 Å². The normalized spacial score (nSPS) is 13.4. The summed E-state index contributed by atoms with van der Waals surface area (Å²) in [6.07, 6.45) is 4.96. The zero-order chi connectivity index (χ0) is 15.8. The predicted octanol–water partition coefficient (Wildman–Crippen LogP) is 4.69. The Morgan fingerprint density at radius 3 is 2.30 bits per heavy atom. The van der Waals surface area contributed by atoms with E-state index in [4.69, 9.17) is 9.16 Å². The van der Waals surface area contributed by atoms with Gasteiger partial charge in [-0.05, 0) is 51.2 Å². The number of allylic oxidation sites excluding steroid dienone is 1. The summed E-state index contributed by atoms with van der Waals surface area (Å²) in [7, 11) is -1.61. The maximum Gasteiger partial charge on any atom is 0.333 e. The summed E-state index contributed by atoms with van der Waals surface area (Å²) >= 11 is 0. The van der Waals surface area contributed by atoms with Gasteiger partial charge in [-0.25, -0.2) is 4.79 Å². The summed E-state index contributed by atoms with van der Waals surface area (Å²) < 4.78 is 11.1. The first-order valence-corrected chi connectivity index (χ1v) is 10.5. The minimum absolute atomic E-state index is 0.204. The molecule has 0 N–H and O–H groups in total. The van der Waals surface area contributed by atoms with Gasteiger partial charge < -0.3 is 9.16 Å². The van der Waals surface area contributed by atoms with Crippen molar-refractivity contribution in [1.82, 2.24) is 0 Å². The molecule has 0 spiro atoms. The van der Waals surface area contributed by atoms with Crippen molar-refractivity contribution in [3.8, 4) is 0 Å². The molecule has 3 nitrogen and oxygen atoms in total. The molecular weight excluding hydrogens is 268 g/mol. The zero-order valence-corrected chi connectivity index (χ0v) is 15.3.